The molecular formula is C23H26N2O2. The Balaban J connectivity index is 1.41. The maximum Gasteiger partial charge on any atom is 0.336 e. The van der Waals surface area contributed by atoms with Crippen molar-refractivity contribution in [1.29, 1.82) is 0 Å². The van der Waals surface area contributed by atoms with Crippen molar-refractivity contribution < 1.29 is 4.42 Å². The fourth-order valence-corrected chi connectivity index (χ4v) is 3.88. The van der Waals surface area contributed by atoms with Crippen LogP contribution in [0, 0.1) is 0 Å². The van der Waals surface area contributed by atoms with Crippen molar-refractivity contribution in [2.24, 2.45) is 0 Å². The van der Waals surface area contributed by atoms with Crippen molar-refractivity contribution in [3.05, 3.63) is 81.7 Å². The van der Waals surface area contributed by atoms with Crippen molar-refractivity contribution in [3.63, 3.8) is 0 Å². The maximum absolute atomic E-state index is 12.0. The van der Waals surface area contributed by atoms with Crippen LogP contribution < -0.4 is 10.9 Å². The number of aryl methyl sites for hydroxylation is 1. The molecule has 140 valence electrons. The number of likely N-dealkylation sites (tertiary alicyclic amines) is 1. The van der Waals surface area contributed by atoms with E-state index >= 15 is 0 Å². The number of rotatable bonds is 6. The predicted octanol–water partition coefficient (Wildman–Crippen LogP) is 3.72. The second-order valence-corrected chi connectivity index (χ2v) is 7.36. The number of benzene rings is 2. The Kier molecular flexibility index (Phi) is 5.37. The molecule has 1 N–H and O–H groups in total. The molecule has 3 aromatic rings. The summed E-state index contributed by atoms with van der Waals surface area (Å²) in [6.07, 6.45) is 2.06. The van der Waals surface area contributed by atoms with Gasteiger partial charge in [-0.05, 0) is 35.6 Å². The van der Waals surface area contributed by atoms with Gasteiger partial charge in [0, 0.05) is 43.7 Å². The molecule has 4 heteroatoms. The highest BCUT2D eigenvalue weighted by Gasteiger charge is 2.22. The first-order chi connectivity index (χ1) is 13.2. The van der Waals surface area contributed by atoms with Crippen molar-refractivity contribution in [2.75, 3.05) is 13.1 Å². The quantitative estimate of drug-likeness (QED) is 0.679. The van der Waals surface area contributed by atoms with E-state index in [1.807, 2.05) is 6.07 Å². The standard InChI is InChI=1S/C23H26N2O2/c1-2-17-8-9-21-19(13-23(26)27-22(21)12-17)14-24-20-10-11-25(16-20)15-18-6-4-3-5-7-18/h3-9,12-13,20,24H,2,10-11,14-16H2,1H3/t20-/m1/s1. The largest absolute Gasteiger partial charge is 0.423 e. The SMILES string of the molecule is CCc1ccc2c(CN[C@@H]3CCN(Cc4ccccc4)C3)cc(=O)oc2c1. The molecule has 27 heavy (non-hydrogen) atoms. The zero-order chi connectivity index (χ0) is 18.6. The summed E-state index contributed by atoms with van der Waals surface area (Å²) in [6.45, 7) is 5.93. The van der Waals surface area contributed by atoms with Gasteiger partial charge in [-0.25, -0.2) is 4.79 Å². The smallest absolute Gasteiger partial charge is 0.336 e. The zero-order valence-corrected chi connectivity index (χ0v) is 15.8. The lowest BCUT2D eigenvalue weighted by Gasteiger charge is -2.17. The molecule has 1 atom stereocenters. The molecule has 0 saturated carbocycles. The lowest BCUT2D eigenvalue weighted by molar-refractivity contribution is 0.320. The summed E-state index contributed by atoms with van der Waals surface area (Å²) < 4.78 is 5.41. The highest BCUT2D eigenvalue weighted by molar-refractivity contribution is 5.80. The number of nitrogens with zero attached hydrogens (tertiary/aromatic N) is 1. The van der Waals surface area contributed by atoms with Crippen molar-refractivity contribution >= 4 is 11.0 Å². The number of nitrogens with one attached hydrogen (secondary N) is 1. The van der Waals surface area contributed by atoms with Gasteiger partial charge in [-0.15, -0.1) is 0 Å². The monoisotopic (exact) mass is 362 g/mol. The van der Waals surface area contributed by atoms with E-state index in [0.717, 1.165) is 43.4 Å². The second kappa shape index (κ2) is 8.07. The highest BCUT2D eigenvalue weighted by Crippen LogP contribution is 2.20. The summed E-state index contributed by atoms with van der Waals surface area (Å²) in [5.74, 6) is 0. The average molecular weight is 362 g/mol. The van der Waals surface area contributed by atoms with Gasteiger partial charge in [0.2, 0.25) is 0 Å². The summed E-state index contributed by atoms with van der Waals surface area (Å²) >= 11 is 0. The predicted molar refractivity (Wildman–Crippen MR) is 109 cm³/mol. The highest BCUT2D eigenvalue weighted by atomic mass is 16.4. The first-order valence-electron chi connectivity index (χ1n) is 9.76. The first kappa shape index (κ1) is 18.0. The number of fused-ring (bicyclic) bond motifs is 1. The Labute approximate surface area is 159 Å². The molecular weight excluding hydrogens is 336 g/mol. The summed E-state index contributed by atoms with van der Waals surface area (Å²) in [7, 11) is 0. The summed E-state index contributed by atoms with van der Waals surface area (Å²) in [5.41, 5.74) is 3.98. The van der Waals surface area contributed by atoms with E-state index in [9.17, 15) is 4.79 Å². The van der Waals surface area contributed by atoms with Crippen LogP contribution in [0.2, 0.25) is 0 Å². The summed E-state index contributed by atoms with van der Waals surface area (Å²) in [4.78, 5) is 14.4. The zero-order valence-electron chi connectivity index (χ0n) is 15.8. The van der Waals surface area contributed by atoms with E-state index < -0.39 is 0 Å². The Bertz CT molecular complexity index is 965. The van der Waals surface area contributed by atoms with Gasteiger partial charge >= 0.3 is 5.63 Å². The minimum absolute atomic E-state index is 0.273. The second-order valence-electron chi connectivity index (χ2n) is 7.36. The van der Waals surface area contributed by atoms with Crippen LogP contribution in [0.15, 0.2) is 63.8 Å². The Morgan fingerprint density at radius 1 is 1.11 bits per heavy atom. The van der Waals surface area contributed by atoms with Crippen LogP contribution in [0.3, 0.4) is 0 Å². The molecule has 4 rings (SSSR count). The van der Waals surface area contributed by atoms with E-state index in [4.69, 9.17) is 4.42 Å². The van der Waals surface area contributed by atoms with Gasteiger partial charge < -0.3 is 9.73 Å². The van der Waals surface area contributed by atoms with Crippen LogP contribution in [0.1, 0.15) is 30.0 Å². The fraction of sp³-hybridized carbons (Fsp3) is 0.348. The molecule has 1 aliphatic heterocycles. The van der Waals surface area contributed by atoms with Crippen LogP contribution in [-0.2, 0) is 19.5 Å². The third-order valence-corrected chi connectivity index (χ3v) is 5.41. The molecule has 2 aromatic carbocycles. The number of hydrogen-bond acceptors (Lipinski definition) is 4. The Hall–Kier alpha value is -2.43. The third kappa shape index (κ3) is 4.29. The summed E-state index contributed by atoms with van der Waals surface area (Å²) in [5, 5.41) is 4.67. The molecule has 0 spiro atoms. The van der Waals surface area contributed by atoms with Gasteiger partial charge in [0.1, 0.15) is 5.58 Å². The van der Waals surface area contributed by atoms with E-state index in [0.29, 0.717) is 18.2 Å². The summed E-state index contributed by atoms with van der Waals surface area (Å²) in [6, 6.07) is 18.9. The number of hydrogen-bond donors (Lipinski definition) is 1. The topological polar surface area (TPSA) is 45.5 Å². The van der Waals surface area contributed by atoms with Crippen molar-refractivity contribution in [1.82, 2.24) is 10.2 Å². The molecule has 0 unspecified atom stereocenters. The molecule has 1 saturated heterocycles. The van der Waals surface area contributed by atoms with Crippen LogP contribution in [0.5, 0.6) is 0 Å². The van der Waals surface area contributed by atoms with E-state index in [-0.39, 0.29) is 5.63 Å². The molecule has 0 amide bonds. The van der Waals surface area contributed by atoms with Crippen molar-refractivity contribution in [3.8, 4) is 0 Å². The van der Waals surface area contributed by atoms with Gasteiger partial charge in [0.15, 0.2) is 0 Å². The average Bonchev–Trinajstić information content (AvgIpc) is 3.13. The van der Waals surface area contributed by atoms with E-state index in [1.165, 1.54) is 11.1 Å². The lowest BCUT2D eigenvalue weighted by atomic mass is 10.1. The molecule has 2 heterocycles. The molecule has 4 nitrogen and oxygen atoms in total. The third-order valence-electron chi connectivity index (χ3n) is 5.41. The Morgan fingerprint density at radius 3 is 2.78 bits per heavy atom. The molecule has 0 bridgehead atoms. The van der Waals surface area contributed by atoms with Gasteiger partial charge in [-0.2, -0.15) is 0 Å². The maximum atomic E-state index is 12.0. The van der Waals surface area contributed by atoms with Gasteiger partial charge in [-0.1, -0.05) is 49.4 Å². The van der Waals surface area contributed by atoms with Crippen LogP contribution >= 0.6 is 0 Å². The van der Waals surface area contributed by atoms with Gasteiger partial charge in [0.25, 0.3) is 0 Å². The first-order valence-corrected chi connectivity index (χ1v) is 9.76. The van der Waals surface area contributed by atoms with E-state index in [1.54, 1.807) is 6.07 Å². The molecule has 0 aliphatic carbocycles. The van der Waals surface area contributed by atoms with Gasteiger partial charge in [0.05, 0.1) is 0 Å². The minimum Gasteiger partial charge on any atom is -0.423 e. The normalized spacial score (nSPS) is 17.6. The fourth-order valence-electron chi connectivity index (χ4n) is 3.88. The van der Waals surface area contributed by atoms with Crippen LogP contribution in [0.25, 0.3) is 11.0 Å². The van der Waals surface area contributed by atoms with E-state index in [2.05, 4.69) is 59.6 Å². The van der Waals surface area contributed by atoms with Crippen molar-refractivity contribution in [2.45, 2.75) is 38.9 Å². The molecule has 1 fully saturated rings. The van der Waals surface area contributed by atoms with Gasteiger partial charge in [-0.3, -0.25) is 4.90 Å². The van der Waals surface area contributed by atoms with Crippen LogP contribution in [-0.4, -0.2) is 24.0 Å². The minimum atomic E-state index is -0.273. The lowest BCUT2D eigenvalue weighted by Crippen LogP contribution is -2.32. The molecule has 1 aromatic heterocycles. The van der Waals surface area contributed by atoms with Crippen LogP contribution in [0.4, 0.5) is 0 Å². The molecule has 1 aliphatic rings. The molecule has 0 radical (unpaired) electrons. The Morgan fingerprint density at radius 2 is 1.96 bits per heavy atom.